The molecule has 1 unspecified atom stereocenters. The number of ether oxygens (including phenoxy) is 1. The molecule has 94 valence electrons. The van der Waals surface area contributed by atoms with Crippen LogP contribution in [0.15, 0.2) is 12.3 Å². The standard InChI is InChI=1S/C12H20N4O/c1-10(9-16-7-3-4-8-16)14-12-13-6-5-11(15-12)17-2/h5-6,10H,3-4,7-9H2,1-2H3,(H,13,14,15). The first kappa shape index (κ1) is 12.1. The number of rotatable bonds is 5. The van der Waals surface area contributed by atoms with Gasteiger partial charge in [0.25, 0.3) is 0 Å². The second-order valence-corrected chi connectivity index (χ2v) is 4.48. The van der Waals surface area contributed by atoms with Gasteiger partial charge in [0.05, 0.1) is 7.11 Å². The number of methoxy groups -OCH3 is 1. The highest BCUT2D eigenvalue weighted by molar-refractivity contribution is 5.28. The SMILES string of the molecule is COc1ccnc(NC(C)CN2CCCC2)n1. The highest BCUT2D eigenvalue weighted by Crippen LogP contribution is 2.11. The summed E-state index contributed by atoms with van der Waals surface area (Å²) in [5.74, 6) is 1.23. The van der Waals surface area contributed by atoms with Crippen LogP contribution in [0.25, 0.3) is 0 Å². The quantitative estimate of drug-likeness (QED) is 0.837. The Morgan fingerprint density at radius 3 is 2.94 bits per heavy atom. The van der Waals surface area contributed by atoms with E-state index in [-0.39, 0.29) is 0 Å². The van der Waals surface area contributed by atoms with Crippen LogP contribution in [0.1, 0.15) is 19.8 Å². The number of nitrogens with one attached hydrogen (secondary N) is 1. The summed E-state index contributed by atoms with van der Waals surface area (Å²) in [6, 6.07) is 2.09. The van der Waals surface area contributed by atoms with Crippen LogP contribution in [0.4, 0.5) is 5.95 Å². The minimum Gasteiger partial charge on any atom is -0.481 e. The molecule has 5 nitrogen and oxygen atoms in total. The predicted molar refractivity (Wildman–Crippen MR) is 67.3 cm³/mol. The number of hydrogen-bond donors (Lipinski definition) is 1. The Kier molecular flexibility index (Phi) is 4.14. The smallest absolute Gasteiger partial charge is 0.226 e. The molecule has 5 heteroatoms. The van der Waals surface area contributed by atoms with Crippen molar-refractivity contribution in [2.75, 3.05) is 32.1 Å². The fraction of sp³-hybridized carbons (Fsp3) is 0.667. The highest BCUT2D eigenvalue weighted by atomic mass is 16.5. The minimum absolute atomic E-state index is 0.347. The summed E-state index contributed by atoms with van der Waals surface area (Å²) >= 11 is 0. The van der Waals surface area contributed by atoms with Crippen molar-refractivity contribution >= 4 is 5.95 Å². The molecule has 1 atom stereocenters. The average Bonchev–Trinajstić information content (AvgIpc) is 2.82. The van der Waals surface area contributed by atoms with Crippen molar-refractivity contribution in [2.45, 2.75) is 25.8 Å². The Balaban J connectivity index is 1.85. The summed E-state index contributed by atoms with van der Waals surface area (Å²) in [7, 11) is 1.61. The Bertz CT molecular complexity index is 352. The van der Waals surface area contributed by atoms with Crippen LogP contribution in [-0.2, 0) is 0 Å². The molecule has 2 rings (SSSR count). The van der Waals surface area contributed by atoms with E-state index < -0.39 is 0 Å². The first-order valence-corrected chi connectivity index (χ1v) is 6.14. The largest absolute Gasteiger partial charge is 0.481 e. The summed E-state index contributed by atoms with van der Waals surface area (Å²) < 4.78 is 5.07. The van der Waals surface area contributed by atoms with Gasteiger partial charge in [-0.05, 0) is 32.9 Å². The van der Waals surface area contributed by atoms with Crippen LogP contribution in [0.3, 0.4) is 0 Å². The molecule has 0 bridgehead atoms. The van der Waals surface area contributed by atoms with Crippen molar-refractivity contribution < 1.29 is 4.74 Å². The zero-order valence-electron chi connectivity index (χ0n) is 10.5. The zero-order valence-corrected chi connectivity index (χ0v) is 10.5. The van der Waals surface area contributed by atoms with Gasteiger partial charge in [-0.1, -0.05) is 0 Å². The molecular formula is C12H20N4O. The van der Waals surface area contributed by atoms with E-state index in [1.54, 1.807) is 19.4 Å². The molecule has 1 aliphatic heterocycles. The summed E-state index contributed by atoms with van der Waals surface area (Å²) in [5, 5.41) is 3.30. The van der Waals surface area contributed by atoms with Gasteiger partial charge >= 0.3 is 0 Å². The van der Waals surface area contributed by atoms with Gasteiger partial charge in [0, 0.05) is 24.8 Å². The number of likely N-dealkylation sites (tertiary alicyclic amines) is 1. The van der Waals surface area contributed by atoms with E-state index in [1.807, 2.05) is 0 Å². The van der Waals surface area contributed by atoms with Crippen LogP contribution in [-0.4, -0.2) is 47.7 Å². The second-order valence-electron chi connectivity index (χ2n) is 4.48. The van der Waals surface area contributed by atoms with Crippen molar-refractivity contribution in [3.8, 4) is 5.88 Å². The lowest BCUT2D eigenvalue weighted by Gasteiger charge is -2.21. The lowest BCUT2D eigenvalue weighted by molar-refractivity contribution is 0.327. The molecular weight excluding hydrogens is 216 g/mol. The Labute approximate surface area is 102 Å². The normalized spacial score (nSPS) is 18.0. The molecule has 1 aromatic heterocycles. The fourth-order valence-electron chi connectivity index (χ4n) is 2.14. The van der Waals surface area contributed by atoms with E-state index in [9.17, 15) is 0 Å². The van der Waals surface area contributed by atoms with Crippen molar-refractivity contribution in [1.29, 1.82) is 0 Å². The van der Waals surface area contributed by atoms with Crippen molar-refractivity contribution in [1.82, 2.24) is 14.9 Å². The van der Waals surface area contributed by atoms with Crippen LogP contribution < -0.4 is 10.1 Å². The summed E-state index contributed by atoms with van der Waals surface area (Å²) in [4.78, 5) is 10.9. The molecule has 0 radical (unpaired) electrons. The van der Waals surface area contributed by atoms with Crippen LogP contribution in [0.2, 0.25) is 0 Å². The van der Waals surface area contributed by atoms with E-state index in [0.717, 1.165) is 6.54 Å². The molecule has 0 aliphatic carbocycles. The summed E-state index contributed by atoms with van der Waals surface area (Å²) in [6.07, 6.45) is 4.35. The molecule has 2 heterocycles. The van der Waals surface area contributed by atoms with Gasteiger partial charge in [0.2, 0.25) is 11.8 Å². The van der Waals surface area contributed by atoms with Crippen LogP contribution in [0, 0.1) is 0 Å². The van der Waals surface area contributed by atoms with E-state index in [4.69, 9.17) is 4.74 Å². The fourth-order valence-corrected chi connectivity index (χ4v) is 2.14. The lowest BCUT2D eigenvalue weighted by atomic mass is 10.3. The third-order valence-electron chi connectivity index (χ3n) is 2.95. The molecule has 0 amide bonds. The highest BCUT2D eigenvalue weighted by Gasteiger charge is 2.15. The summed E-state index contributed by atoms with van der Waals surface area (Å²) in [5.41, 5.74) is 0. The third-order valence-corrected chi connectivity index (χ3v) is 2.95. The maximum absolute atomic E-state index is 5.07. The molecule has 0 saturated carbocycles. The Hall–Kier alpha value is -1.36. The second kappa shape index (κ2) is 5.82. The van der Waals surface area contributed by atoms with Gasteiger partial charge in [-0.15, -0.1) is 0 Å². The molecule has 1 N–H and O–H groups in total. The summed E-state index contributed by atoms with van der Waals surface area (Å²) in [6.45, 7) is 5.62. The van der Waals surface area contributed by atoms with Crippen molar-refractivity contribution in [3.63, 3.8) is 0 Å². The van der Waals surface area contributed by atoms with Crippen LogP contribution >= 0.6 is 0 Å². The molecule has 0 spiro atoms. The first-order chi connectivity index (χ1) is 8.28. The van der Waals surface area contributed by atoms with Crippen molar-refractivity contribution in [2.24, 2.45) is 0 Å². The number of hydrogen-bond acceptors (Lipinski definition) is 5. The van der Waals surface area contributed by atoms with Gasteiger partial charge in [-0.2, -0.15) is 4.98 Å². The van der Waals surface area contributed by atoms with E-state index in [2.05, 4.69) is 27.1 Å². The lowest BCUT2D eigenvalue weighted by Crippen LogP contribution is -2.33. The minimum atomic E-state index is 0.347. The Morgan fingerprint density at radius 2 is 2.24 bits per heavy atom. The zero-order chi connectivity index (χ0) is 12.1. The van der Waals surface area contributed by atoms with Gasteiger partial charge in [0.15, 0.2) is 0 Å². The molecule has 1 aliphatic rings. The maximum Gasteiger partial charge on any atom is 0.226 e. The molecule has 0 aromatic carbocycles. The maximum atomic E-state index is 5.07. The van der Waals surface area contributed by atoms with Crippen molar-refractivity contribution in [3.05, 3.63) is 12.3 Å². The molecule has 17 heavy (non-hydrogen) atoms. The number of aromatic nitrogens is 2. The molecule has 1 saturated heterocycles. The van der Waals surface area contributed by atoms with Gasteiger partial charge in [-0.25, -0.2) is 4.98 Å². The molecule has 1 aromatic rings. The molecule has 1 fully saturated rings. The topological polar surface area (TPSA) is 50.3 Å². The number of nitrogens with zero attached hydrogens (tertiary/aromatic N) is 3. The van der Waals surface area contributed by atoms with E-state index >= 15 is 0 Å². The van der Waals surface area contributed by atoms with E-state index in [1.165, 1.54) is 25.9 Å². The average molecular weight is 236 g/mol. The van der Waals surface area contributed by atoms with Crippen LogP contribution in [0.5, 0.6) is 5.88 Å². The predicted octanol–water partition coefficient (Wildman–Crippen LogP) is 1.38. The Morgan fingerprint density at radius 1 is 1.47 bits per heavy atom. The third kappa shape index (κ3) is 3.56. The first-order valence-electron chi connectivity index (χ1n) is 6.14. The number of anilines is 1. The van der Waals surface area contributed by atoms with Gasteiger partial charge in [0.1, 0.15) is 0 Å². The van der Waals surface area contributed by atoms with Gasteiger partial charge in [-0.3, -0.25) is 0 Å². The monoisotopic (exact) mass is 236 g/mol. The van der Waals surface area contributed by atoms with Gasteiger partial charge < -0.3 is 15.0 Å². The van der Waals surface area contributed by atoms with E-state index in [0.29, 0.717) is 17.9 Å².